The van der Waals surface area contributed by atoms with E-state index in [1.54, 1.807) is 0 Å². The quantitative estimate of drug-likeness (QED) is 0.249. The first-order valence-electron chi connectivity index (χ1n) is 9.49. The molecule has 0 unspecified atom stereocenters. The minimum absolute atomic E-state index is 1.17. The summed E-state index contributed by atoms with van der Waals surface area (Å²) in [5.74, 6) is 0. The minimum Gasteiger partial charge on any atom is -0.319 e. The lowest BCUT2D eigenvalue weighted by molar-refractivity contribution is 0.723. The third-order valence-electron chi connectivity index (χ3n) is 4.29. The number of hydrogen-bond donors (Lipinski definition) is 0. The highest BCUT2D eigenvalue weighted by Gasteiger charge is 2.10. The summed E-state index contributed by atoms with van der Waals surface area (Å²) in [6.07, 6.45) is 14.9. The Hall–Kier alpha value is -0.770. The van der Waals surface area contributed by atoms with Crippen LogP contribution in [0.5, 0.6) is 0 Å². The second-order valence-corrected chi connectivity index (χ2v) is 7.74. The van der Waals surface area contributed by atoms with Crippen molar-refractivity contribution >= 4 is 28.3 Å². The molecule has 0 aliphatic rings. The van der Waals surface area contributed by atoms with E-state index in [2.05, 4.69) is 91.6 Å². The van der Waals surface area contributed by atoms with Crippen LogP contribution in [0, 0.1) is 3.57 Å². The van der Waals surface area contributed by atoms with Gasteiger partial charge in [-0.2, -0.15) is 0 Å². The van der Waals surface area contributed by atoms with E-state index in [1.165, 1.54) is 72.0 Å². The highest BCUT2D eigenvalue weighted by atomic mass is 127. The smallest absolute Gasteiger partial charge is 0.0455 e. The van der Waals surface area contributed by atoms with Gasteiger partial charge < -0.3 is 4.90 Å². The molecule has 0 heterocycles. The molecule has 1 aromatic rings. The van der Waals surface area contributed by atoms with Crippen molar-refractivity contribution in [3.8, 4) is 0 Å². The average Bonchev–Trinajstić information content (AvgIpc) is 2.57. The SMILES string of the molecule is CCCCC/C=C(\C)N(/C(C)=C/CCCCC)c1ccc(I)cc1. The Labute approximate surface area is 163 Å². The maximum Gasteiger partial charge on any atom is 0.0455 e. The van der Waals surface area contributed by atoms with Crippen LogP contribution in [0.1, 0.15) is 79.1 Å². The number of hydrogen-bond acceptors (Lipinski definition) is 1. The van der Waals surface area contributed by atoms with E-state index in [1.807, 2.05) is 0 Å². The highest BCUT2D eigenvalue weighted by Crippen LogP contribution is 2.26. The first kappa shape index (κ1) is 21.3. The zero-order valence-electron chi connectivity index (χ0n) is 15.9. The topological polar surface area (TPSA) is 3.24 Å². The molecule has 24 heavy (non-hydrogen) atoms. The third-order valence-corrected chi connectivity index (χ3v) is 5.00. The normalized spacial score (nSPS) is 12.5. The van der Waals surface area contributed by atoms with Gasteiger partial charge in [-0.1, -0.05) is 51.7 Å². The molecular weight excluding hydrogens is 405 g/mol. The van der Waals surface area contributed by atoms with Crippen molar-refractivity contribution in [2.75, 3.05) is 4.90 Å². The number of unbranched alkanes of at least 4 members (excludes halogenated alkanes) is 6. The number of nitrogens with zero attached hydrogens (tertiary/aromatic N) is 1. The monoisotopic (exact) mass is 439 g/mol. The zero-order valence-corrected chi connectivity index (χ0v) is 18.1. The van der Waals surface area contributed by atoms with Crippen LogP contribution in [0.25, 0.3) is 0 Å². The molecule has 0 aliphatic heterocycles. The first-order chi connectivity index (χ1) is 11.6. The van der Waals surface area contributed by atoms with E-state index >= 15 is 0 Å². The van der Waals surface area contributed by atoms with E-state index in [0.29, 0.717) is 0 Å². The van der Waals surface area contributed by atoms with Gasteiger partial charge in [0.2, 0.25) is 0 Å². The average molecular weight is 439 g/mol. The van der Waals surface area contributed by atoms with E-state index < -0.39 is 0 Å². The molecule has 134 valence electrons. The molecule has 0 saturated heterocycles. The van der Waals surface area contributed by atoms with Gasteiger partial charge in [0, 0.05) is 20.7 Å². The summed E-state index contributed by atoms with van der Waals surface area (Å²) in [4.78, 5) is 2.41. The number of rotatable bonds is 11. The molecule has 1 rings (SSSR count). The van der Waals surface area contributed by atoms with Crippen molar-refractivity contribution in [2.45, 2.75) is 79.1 Å². The fraction of sp³-hybridized carbons (Fsp3) is 0.545. The van der Waals surface area contributed by atoms with E-state index in [-0.39, 0.29) is 0 Å². The van der Waals surface area contributed by atoms with Gasteiger partial charge in [-0.05, 0) is 86.4 Å². The fourth-order valence-electron chi connectivity index (χ4n) is 2.87. The molecule has 0 bridgehead atoms. The van der Waals surface area contributed by atoms with Gasteiger partial charge in [-0.3, -0.25) is 0 Å². The van der Waals surface area contributed by atoms with Crippen LogP contribution in [0.4, 0.5) is 5.69 Å². The third kappa shape index (κ3) is 7.87. The summed E-state index contributed by atoms with van der Waals surface area (Å²) < 4.78 is 1.28. The number of allylic oxidation sites excluding steroid dienone is 4. The van der Waals surface area contributed by atoms with Gasteiger partial charge in [0.15, 0.2) is 0 Å². The van der Waals surface area contributed by atoms with Gasteiger partial charge in [0.25, 0.3) is 0 Å². The lowest BCUT2D eigenvalue weighted by Gasteiger charge is -2.27. The standard InChI is InChI=1S/C22H34IN/c1-5-7-9-11-13-19(3)24(20(4)14-12-10-8-6-2)22-17-15-21(23)16-18-22/h13-18H,5-12H2,1-4H3/b19-13+,20-14+. The zero-order chi connectivity index (χ0) is 17.8. The summed E-state index contributed by atoms with van der Waals surface area (Å²) in [5, 5.41) is 0. The van der Waals surface area contributed by atoms with Crippen LogP contribution in [0.3, 0.4) is 0 Å². The molecule has 0 aromatic heterocycles. The number of halogens is 1. The Morgan fingerprint density at radius 3 is 1.71 bits per heavy atom. The summed E-state index contributed by atoms with van der Waals surface area (Å²) in [5.41, 5.74) is 3.96. The molecule has 0 fully saturated rings. The Kier molecular flexibility index (Phi) is 11.1. The van der Waals surface area contributed by atoms with Crippen LogP contribution in [-0.4, -0.2) is 0 Å². The molecule has 0 amide bonds. The second-order valence-electron chi connectivity index (χ2n) is 6.49. The van der Waals surface area contributed by atoms with Gasteiger partial charge in [-0.25, -0.2) is 0 Å². The van der Waals surface area contributed by atoms with Crippen molar-refractivity contribution in [1.29, 1.82) is 0 Å². The van der Waals surface area contributed by atoms with Crippen molar-refractivity contribution < 1.29 is 0 Å². The van der Waals surface area contributed by atoms with Gasteiger partial charge in [0.1, 0.15) is 0 Å². The first-order valence-corrected chi connectivity index (χ1v) is 10.6. The molecule has 0 saturated carbocycles. The molecule has 1 nitrogen and oxygen atoms in total. The highest BCUT2D eigenvalue weighted by molar-refractivity contribution is 14.1. The summed E-state index contributed by atoms with van der Waals surface area (Å²) in [6.45, 7) is 9.01. The summed E-state index contributed by atoms with van der Waals surface area (Å²) >= 11 is 2.37. The Morgan fingerprint density at radius 2 is 1.29 bits per heavy atom. The van der Waals surface area contributed by atoms with Gasteiger partial charge >= 0.3 is 0 Å². The van der Waals surface area contributed by atoms with Crippen molar-refractivity contribution in [3.63, 3.8) is 0 Å². The molecule has 1 aromatic carbocycles. The Balaban J connectivity index is 2.91. The number of anilines is 1. The molecule has 2 heteroatoms. The molecule has 0 spiro atoms. The number of benzene rings is 1. The molecule has 0 N–H and O–H groups in total. The van der Waals surface area contributed by atoms with Gasteiger partial charge in [0.05, 0.1) is 0 Å². The molecular formula is C22H34IN. The van der Waals surface area contributed by atoms with Crippen LogP contribution < -0.4 is 4.90 Å². The molecule has 0 atom stereocenters. The maximum absolute atomic E-state index is 2.41. The second kappa shape index (κ2) is 12.6. The van der Waals surface area contributed by atoms with Crippen LogP contribution in [0.15, 0.2) is 47.8 Å². The Bertz CT molecular complexity index is 487. The largest absolute Gasteiger partial charge is 0.319 e. The van der Waals surface area contributed by atoms with Crippen LogP contribution in [0.2, 0.25) is 0 Å². The lowest BCUT2D eigenvalue weighted by atomic mass is 10.1. The van der Waals surface area contributed by atoms with Gasteiger partial charge in [-0.15, -0.1) is 0 Å². The van der Waals surface area contributed by atoms with Crippen LogP contribution >= 0.6 is 22.6 Å². The molecule has 0 aliphatic carbocycles. The van der Waals surface area contributed by atoms with E-state index in [9.17, 15) is 0 Å². The summed E-state index contributed by atoms with van der Waals surface area (Å²) in [7, 11) is 0. The predicted octanol–water partition coefficient (Wildman–Crippen LogP) is 8.07. The van der Waals surface area contributed by atoms with Crippen molar-refractivity contribution in [2.24, 2.45) is 0 Å². The maximum atomic E-state index is 2.41. The van der Waals surface area contributed by atoms with E-state index in [4.69, 9.17) is 0 Å². The molecule has 0 radical (unpaired) electrons. The van der Waals surface area contributed by atoms with Crippen molar-refractivity contribution in [3.05, 3.63) is 51.4 Å². The fourth-order valence-corrected chi connectivity index (χ4v) is 3.23. The lowest BCUT2D eigenvalue weighted by Crippen LogP contribution is -2.18. The van der Waals surface area contributed by atoms with E-state index in [0.717, 1.165) is 0 Å². The van der Waals surface area contributed by atoms with Crippen LogP contribution in [-0.2, 0) is 0 Å². The van der Waals surface area contributed by atoms with Crippen molar-refractivity contribution in [1.82, 2.24) is 0 Å². The summed E-state index contributed by atoms with van der Waals surface area (Å²) in [6, 6.07) is 8.85. The predicted molar refractivity (Wildman–Crippen MR) is 117 cm³/mol. The minimum atomic E-state index is 1.17. The Morgan fingerprint density at radius 1 is 0.833 bits per heavy atom.